The molecule has 0 amide bonds. The van der Waals surface area contributed by atoms with Crippen molar-refractivity contribution in [3.05, 3.63) is 35.9 Å². The van der Waals surface area contributed by atoms with Gasteiger partial charge in [-0.05, 0) is 49.6 Å². The maximum absolute atomic E-state index is 11.9. The molecule has 3 nitrogen and oxygen atoms in total. The van der Waals surface area contributed by atoms with Crippen molar-refractivity contribution in [2.24, 2.45) is 17.8 Å². The van der Waals surface area contributed by atoms with E-state index in [1.54, 1.807) is 0 Å². The maximum Gasteiger partial charge on any atom is 0.305 e. The smallest absolute Gasteiger partial charge is 0.305 e. The lowest BCUT2D eigenvalue weighted by atomic mass is 9.75. The van der Waals surface area contributed by atoms with Crippen LogP contribution in [0.4, 0.5) is 0 Å². The number of nitrogens with zero attached hydrogens (tertiary/aromatic N) is 1. The van der Waals surface area contributed by atoms with Crippen LogP contribution in [0.15, 0.2) is 30.3 Å². The Hall–Kier alpha value is -1.35. The minimum absolute atomic E-state index is 0.0607. The molecule has 2 fully saturated rings. The summed E-state index contributed by atoms with van der Waals surface area (Å²) in [7, 11) is 3.74. The summed E-state index contributed by atoms with van der Waals surface area (Å²) in [6.07, 6.45) is 4.05. The molecule has 0 radical (unpaired) electrons. The van der Waals surface area contributed by atoms with E-state index in [0.29, 0.717) is 30.3 Å². The Balaban J connectivity index is 1.81. The van der Waals surface area contributed by atoms with Crippen molar-refractivity contribution < 1.29 is 9.53 Å². The fraction of sp³-hybridized carbons (Fsp3) is 0.632. The number of carbonyl (C=O) groups excluding carboxylic acids is 1. The van der Waals surface area contributed by atoms with Crippen molar-refractivity contribution in [2.45, 2.75) is 44.7 Å². The van der Waals surface area contributed by atoms with Gasteiger partial charge in [-0.15, -0.1) is 0 Å². The van der Waals surface area contributed by atoms with Gasteiger partial charge in [0.15, 0.2) is 0 Å². The quantitative estimate of drug-likeness (QED) is 0.800. The summed E-state index contributed by atoms with van der Waals surface area (Å²) in [6.45, 7) is 2.36. The van der Waals surface area contributed by atoms with Gasteiger partial charge in [0.2, 0.25) is 0 Å². The Bertz CT molecular complexity index is 515. The molecule has 3 heteroatoms. The van der Waals surface area contributed by atoms with Crippen molar-refractivity contribution >= 4 is 5.97 Å². The lowest BCUT2D eigenvalue weighted by Crippen LogP contribution is -2.48. The average Bonchev–Trinajstić information content (AvgIpc) is 2.72. The van der Waals surface area contributed by atoms with E-state index in [1.165, 1.54) is 25.5 Å². The fourth-order valence-electron chi connectivity index (χ4n) is 4.76. The number of ether oxygens (including phenoxy) is 1. The molecule has 120 valence electrons. The molecule has 2 unspecified atom stereocenters. The summed E-state index contributed by atoms with van der Waals surface area (Å²) in [5.74, 6) is 1.67. The van der Waals surface area contributed by atoms with Crippen LogP contribution in [0.2, 0.25) is 0 Å². The number of benzene rings is 1. The monoisotopic (exact) mass is 301 g/mol. The Labute approximate surface area is 133 Å². The van der Waals surface area contributed by atoms with Crippen LogP contribution in [0.25, 0.3) is 0 Å². The molecule has 2 bridgehead atoms. The molecule has 22 heavy (non-hydrogen) atoms. The van der Waals surface area contributed by atoms with Crippen molar-refractivity contribution in [2.75, 3.05) is 14.2 Å². The standard InChI is InChI=1S/C19H27NO2/c1-13-9-18-16(12-19(21)22-3)15(11-17(13)20(18)2)10-14-7-5-4-6-8-14/h4-8,13,15-18H,9-12H2,1-3H3/t13-,15-,16+,17?,18?/m0/s1. The van der Waals surface area contributed by atoms with Gasteiger partial charge in [0.05, 0.1) is 13.5 Å². The molecule has 0 saturated carbocycles. The maximum atomic E-state index is 11.9. The Morgan fingerprint density at radius 3 is 2.64 bits per heavy atom. The van der Waals surface area contributed by atoms with Gasteiger partial charge in [-0.2, -0.15) is 0 Å². The second kappa shape index (κ2) is 6.41. The topological polar surface area (TPSA) is 29.5 Å². The lowest BCUT2D eigenvalue weighted by Gasteiger charge is -2.43. The minimum atomic E-state index is -0.0607. The van der Waals surface area contributed by atoms with E-state index in [4.69, 9.17) is 4.74 Å². The van der Waals surface area contributed by atoms with Crippen LogP contribution in [0, 0.1) is 17.8 Å². The van der Waals surface area contributed by atoms with E-state index in [1.807, 2.05) is 0 Å². The Morgan fingerprint density at radius 1 is 1.23 bits per heavy atom. The second-order valence-electron chi connectivity index (χ2n) is 7.14. The molecule has 2 aliphatic heterocycles. The summed E-state index contributed by atoms with van der Waals surface area (Å²) in [5, 5.41) is 0. The Kier molecular flexibility index (Phi) is 4.53. The zero-order valence-electron chi connectivity index (χ0n) is 13.9. The highest BCUT2D eigenvalue weighted by atomic mass is 16.5. The SMILES string of the molecule is COC(=O)C[C@H]1C2C[C@H](C)C(C[C@@H]1Cc1ccccc1)N2C. The molecule has 3 rings (SSSR count). The number of piperidine rings is 1. The largest absolute Gasteiger partial charge is 0.469 e. The molecule has 1 aromatic carbocycles. The molecule has 1 aromatic rings. The fourth-order valence-corrected chi connectivity index (χ4v) is 4.76. The van der Waals surface area contributed by atoms with Crippen LogP contribution in [0.3, 0.4) is 0 Å². The van der Waals surface area contributed by atoms with Gasteiger partial charge in [0.1, 0.15) is 0 Å². The predicted molar refractivity (Wildman–Crippen MR) is 87.5 cm³/mol. The minimum Gasteiger partial charge on any atom is -0.469 e. The summed E-state index contributed by atoms with van der Waals surface area (Å²) in [5.41, 5.74) is 1.39. The van der Waals surface area contributed by atoms with Crippen molar-refractivity contribution in [3.63, 3.8) is 0 Å². The number of methoxy groups -OCH3 is 1. The first-order valence-electron chi connectivity index (χ1n) is 8.42. The number of carbonyl (C=O) groups is 1. The number of hydrogen-bond acceptors (Lipinski definition) is 3. The van der Waals surface area contributed by atoms with Gasteiger partial charge in [-0.3, -0.25) is 9.69 Å². The van der Waals surface area contributed by atoms with Crippen LogP contribution in [0.1, 0.15) is 31.7 Å². The zero-order valence-corrected chi connectivity index (χ0v) is 13.9. The predicted octanol–water partition coefficient (Wildman–Crippen LogP) is 3.14. The van der Waals surface area contributed by atoms with Gasteiger partial charge in [0, 0.05) is 12.1 Å². The summed E-state index contributed by atoms with van der Waals surface area (Å²) >= 11 is 0. The number of esters is 1. The van der Waals surface area contributed by atoms with Crippen LogP contribution in [0.5, 0.6) is 0 Å². The molecular weight excluding hydrogens is 274 g/mol. The van der Waals surface area contributed by atoms with Crippen molar-refractivity contribution in [1.29, 1.82) is 0 Å². The molecule has 0 aromatic heterocycles. The van der Waals surface area contributed by atoms with E-state index >= 15 is 0 Å². The number of hydrogen-bond donors (Lipinski definition) is 0. The van der Waals surface area contributed by atoms with E-state index in [9.17, 15) is 4.79 Å². The highest BCUT2D eigenvalue weighted by molar-refractivity contribution is 5.69. The van der Waals surface area contributed by atoms with E-state index in [-0.39, 0.29) is 5.97 Å². The first kappa shape index (κ1) is 15.5. The zero-order chi connectivity index (χ0) is 15.7. The van der Waals surface area contributed by atoms with Crippen LogP contribution >= 0.6 is 0 Å². The highest BCUT2D eigenvalue weighted by Gasteiger charge is 2.49. The van der Waals surface area contributed by atoms with E-state index in [2.05, 4.69) is 49.2 Å². The van der Waals surface area contributed by atoms with E-state index < -0.39 is 0 Å². The molecule has 5 atom stereocenters. The molecule has 0 spiro atoms. The molecule has 0 N–H and O–H groups in total. The Morgan fingerprint density at radius 2 is 1.95 bits per heavy atom. The number of rotatable bonds is 4. The van der Waals surface area contributed by atoms with Gasteiger partial charge in [-0.1, -0.05) is 37.3 Å². The molecule has 0 aliphatic carbocycles. The molecule has 2 heterocycles. The van der Waals surface area contributed by atoms with Crippen LogP contribution in [-0.4, -0.2) is 37.1 Å². The van der Waals surface area contributed by atoms with Gasteiger partial charge < -0.3 is 4.74 Å². The van der Waals surface area contributed by atoms with Gasteiger partial charge >= 0.3 is 5.97 Å². The summed E-state index contributed by atoms with van der Waals surface area (Å²) < 4.78 is 4.96. The third-order valence-electron chi connectivity index (χ3n) is 5.93. The number of fused-ring (bicyclic) bond motifs is 2. The summed E-state index contributed by atoms with van der Waals surface area (Å²) in [4.78, 5) is 14.4. The third-order valence-corrected chi connectivity index (χ3v) is 5.93. The first-order valence-corrected chi connectivity index (χ1v) is 8.42. The molecule has 2 aliphatic rings. The third kappa shape index (κ3) is 2.91. The second-order valence-corrected chi connectivity index (χ2v) is 7.14. The van der Waals surface area contributed by atoms with Crippen molar-refractivity contribution in [1.82, 2.24) is 4.90 Å². The first-order chi connectivity index (χ1) is 10.6. The average molecular weight is 301 g/mol. The molecular formula is C19H27NO2. The lowest BCUT2D eigenvalue weighted by molar-refractivity contribution is -0.143. The van der Waals surface area contributed by atoms with Crippen molar-refractivity contribution in [3.8, 4) is 0 Å². The van der Waals surface area contributed by atoms with E-state index in [0.717, 1.165) is 12.3 Å². The van der Waals surface area contributed by atoms with Gasteiger partial charge in [-0.25, -0.2) is 0 Å². The highest BCUT2D eigenvalue weighted by Crippen LogP contribution is 2.46. The normalized spacial score (nSPS) is 34.6. The van der Waals surface area contributed by atoms with Crippen LogP contribution < -0.4 is 0 Å². The molecule has 2 saturated heterocycles. The van der Waals surface area contributed by atoms with Gasteiger partial charge in [0.25, 0.3) is 0 Å². The summed E-state index contributed by atoms with van der Waals surface area (Å²) in [6, 6.07) is 11.9. The van der Waals surface area contributed by atoms with Crippen LogP contribution in [-0.2, 0) is 16.0 Å².